The van der Waals surface area contributed by atoms with Gasteiger partial charge in [0.2, 0.25) is 5.89 Å². The Labute approximate surface area is 126 Å². The van der Waals surface area contributed by atoms with E-state index in [1.54, 1.807) is 0 Å². The SMILES string of the molecule is O=C(O)CSCc1nc(C2(c3ccccc3)CCC2)no1. The fraction of sp³-hybridized carbons (Fsp3) is 0.400. The van der Waals surface area contributed by atoms with E-state index >= 15 is 0 Å². The monoisotopic (exact) mass is 304 g/mol. The fourth-order valence-electron chi connectivity index (χ4n) is 2.66. The molecule has 0 amide bonds. The number of carboxylic acids is 1. The highest BCUT2D eigenvalue weighted by atomic mass is 32.2. The molecule has 2 aromatic rings. The number of aromatic nitrogens is 2. The molecule has 0 unspecified atom stereocenters. The van der Waals surface area contributed by atoms with Crippen LogP contribution >= 0.6 is 11.8 Å². The normalized spacial score (nSPS) is 16.4. The highest BCUT2D eigenvalue weighted by molar-refractivity contribution is 7.99. The number of nitrogens with zero attached hydrogens (tertiary/aromatic N) is 2. The van der Waals surface area contributed by atoms with Crippen LogP contribution in [0.3, 0.4) is 0 Å². The predicted octanol–water partition coefficient (Wildman–Crippen LogP) is 2.86. The van der Waals surface area contributed by atoms with Gasteiger partial charge in [0.25, 0.3) is 0 Å². The zero-order chi connectivity index (χ0) is 14.7. The lowest BCUT2D eigenvalue weighted by molar-refractivity contribution is -0.133. The van der Waals surface area contributed by atoms with E-state index in [2.05, 4.69) is 22.3 Å². The first-order chi connectivity index (χ1) is 10.2. The van der Waals surface area contributed by atoms with Gasteiger partial charge in [0.15, 0.2) is 5.82 Å². The minimum atomic E-state index is -0.834. The van der Waals surface area contributed by atoms with Crippen molar-refractivity contribution in [3.8, 4) is 0 Å². The highest BCUT2D eigenvalue weighted by Gasteiger charge is 2.44. The Hall–Kier alpha value is -1.82. The topological polar surface area (TPSA) is 76.2 Å². The van der Waals surface area contributed by atoms with Crippen molar-refractivity contribution in [3.05, 3.63) is 47.6 Å². The zero-order valence-corrected chi connectivity index (χ0v) is 12.3. The van der Waals surface area contributed by atoms with E-state index in [1.807, 2.05) is 18.2 Å². The standard InChI is InChI=1S/C15H16N2O3S/c18-13(19)10-21-9-12-16-14(17-20-12)15(7-4-8-15)11-5-2-1-3-6-11/h1-3,5-6H,4,7-10H2,(H,18,19). The van der Waals surface area contributed by atoms with Crippen LogP contribution in [0.2, 0.25) is 0 Å². The summed E-state index contributed by atoms with van der Waals surface area (Å²) < 4.78 is 5.27. The van der Waals surface area contributed by atoms with Crippen LogP contribution in [0.1, 0.15) is 36.5 Å². The summed E-state index contributed by atoms with van der Waals surface area (Å²) in [5.41, 5.74) is 1.10. The van der Waals surface area contributed by atoms with Crippen LogP contribution in [0, 0.1) is 0 Å². The fourth-order valence-corrected chi connectivity index (χ4v) is 3.23. The van der Waals surface area contributed by atoms with Crippen molar-refractivity contribution >= 4 is 17.7 Å². The molecule has 1 N–H and O–H groups in total. The number of rotatable bonds is 6. The van der Waals surface area contributed by atoms with E-state index in [-0.39, 0.29) is 11.2 Å². The average Bonchev–Trinajstić information content (AvgIpc) is 2.87. The zero-order valence-electron chi connectivity index (χ0n) is 11.5. The van der Waals surface area contributed by atoms with Crippen molar-refractivity contribution in [1.29, 1.82) is 0 Å². The van der Waals surface area contributed by atoms with E-state index in [9.17, 15) is 4.79 Å². The van der Waals surface area contributed by atoms with Crippen LogP contribution < -0.4 is 0 Å². The highest BCUT2D eigenvalue weighted by Crippen LogP contribution is 2.47. The molecule has 6 heteroatoms. The molecule has 1 fully saturated rings. The van der Waals surface area contributed by atoms with Crippen molar-refractivity contribution in [1.82, 2.24) is 10.1 Å². The maximum atomic E-state index is 10.5. The third-order valence-electron chi connectivity index (χ3n) is 3.88. The Kier molecular flexibility index (Phi) is 3.96. The van der Waals surface area contributed by atoms with Crippen LogP contribution in [0.4, 0.5) is 0 Å². The minimum absolute atomic E-state index is 0.0432. The molecule has 21 heavy (non-hydrogen) atoms. The summed E-state index contributed by atoms with van der Waals surface area (Å²) in [7, 11) is 0. The van der Waals surface area contributed by atoms with E-state index in [1.165, 1.54) is 17.3 Å². The summed E-state index contributed by atoms with van der Waals surface area (Å²) in [6, 6.07) is 10.3. The van der Waals surface area contributed by atoms with Gasteiger partial charge in [-0.1, -0.05) is 41.9 Å². The van der Waals surface area contributed by atoms with Crippen molar-refractivity contribution in [2.24, 2.45) is 0 Å². The quantitative estimate of drug-likeness (QED) is 0.884. The van der Waals surface area contributed by atoms with Gasteiger partial charge in [0.1, 0.15) is 0 Å². The molecule has 0 aliphatic heterocycles. The molecule has 1 aromatic carbocycles. The van der Waals surface area contributed by atoms with Crippen molar-refractivity contribution in [2.75, 3.05) is 5.75 Å². The Bertz CT molecular complexity index is 623. The lowest BCUT2D eigenvalue weighted by Gasteiger charge is -2.39. The Balaban J connectivity index is 1.77. The molecule has 0 radical (unpaired) electrons. The summed E-state index contributed by atoms with van der Waals surface area (Å²) in [4.78, 5) is 15.0. The smallest absolute Gasteiger partial charge is 0.313 e. The Morgan fingerprint density at radius 2 is 2.10 bits per heavy atom. The molecular weight excluding hydrogens is 288 g/mol. The number of carbonyl (C=O) groups is 1. The maximum Gasteiger partial charge on any atom is 0.313 e. The number of carboxylic acid groups (broad SMARTS) is 1. The lowest BCUT2D eigenvalue weighted by atomic mass is 9.64. The third-order valence-corrected chi connectivity index (χ3v) is 4.78. The van der Waals surface area contributed by atoms with Crippen LogP contribution in [0.15, 0.2) is 34.9 Å². The first kappa shape index (κ1) is 14.1. The molecule has 0 atom stereocenters. The van der Waals surface area contributed by atoms with Gasteiger partial charge in [0.05, 0.1) is 16.9 Å². The molecule has 3 rings (SSSR count). The van der Waals surface area contributed by atoms with Crippen LogP contribution in [0.5, 0.6) is 0 Å². The van der Waals surface area contributed by atoms with Gasteiger partial charge in [-0.15, -0.1) is 11.8 Å². The first-order valence-electron chi connectivity index (χ1n) is 6.89. The van der Waals surface area contributed by atoms with Gasteiger partial charge in [0, 0.05) is 0 Å². The second kappa shape index (κ2) is 5.89. The largest absolute Gasteiger partial charge is 0.481 e. The average molecular weight is 304 g/mol. The molecular formula is C15H16N2O3S. The predicted molar refractivity (Wildman–Crippen MR) is 79.2 cm³/mol. The van der Waals surface area contributed by atoms with E-state index < -0.39 is 5.97 Å². The lowest BCUT2D eigenvalue weighted by Crippen LogP contribution is -2.36. The molecule has 1 aromatic heterocycles. The molecule has 5 nitrogen and oxygen atoms in total. The molecule has 0 bridgehead atoms. The van der Waals surface area contributed by atoms with Crippen molar-refractivity contribution in [2.45, 2.75) is 30.4 Å². The Morgan fingerprint density at radius 1 is 1.33 bits per heavy atom. The molecule has 1 aliphatic rings. The minimum Gasteiger partial charge on any atom is -0.481 e. The van der Waals surface area contributed by atoms with Crippen molar-refractivity contribution in [3.63, 3.8) is 0 Å². The van der Waals surface area contributed by atoms with Gasteiger partial charge in [-0.05, 0) is 18.4 Å². The third kappa shape index (κ3) is 2.81. The summed E-state index contributed by atoms with van der Waals surface area (Å²) in [6.45, 7) is 0. The second-order valence-corrected chi connectivity index (χ2v) is 6.19. The summed E-state index contributed by atoms with van der Waals surface area (Å²) >= 11 is 1.26. The first-order valence-corrected chi connectivity index (χ1v) is 8.04. The van der Waals surface area contributed by atoms with Gasteiger partial charge < -0.3 is 9.63 Å². The number of hydrogen-bond acceptors (Lipinski definition) is 5. The number of thioether (sulfide) groups is 1. The second-order valence-electron chi connectivity index (χ2n) is 5.20. The van der Waals surface area contributed by atoms with E-state index in [4.69, 9.17) is 9.63 Å². The molecule has 110 valence electrons. The Morgan fingerprint density at radius 3 is 2.71 bits per heavy atom. The van der Waals surface area contributed by atoms with Gasteiger partial charge in [-0.2, -0.15) is 4.98 Å². The number of aliphatic carboxylic acids is 1. The maximum absolute atomic E-state index is 10.5. The van der Waals surface area contributed by atoms with Crippen LogP contribution in [-0.2, 0) is 16.0 Å². The summed E-state index contributed by atoms with van der Waals surface area (Å²) in [5, 5.41) is 12.8. The van der Waals surface area contributed by atoms with E-state index in [0.29, 0.717) is 11.6 Å². The molecule has 1 aliphatic carbocycles. The van der Waals surface area contributed by atoms with E-state index in [0.717, 1.165) is 25.1 Å². The summed E-state index contributed by atoms with van der Waals surface area (Å²) in [5.74, 6) is 0.870. The van der Waals surface area contributed by atoms with Gasteiger partial charge in [-0.3, -0.25) is 4.79 Å². The van der Waals surface area contributed by atoms with Gasteiger partial charge in [-0.25, -0.2) is 0 Å². The van der Waals surface area contributed by atoms with Crippen molar-refractivity contribution < 1.29 is 14.4 Å². The molecule has 0 saturated heterocycles. The molecule has 1 heterocycles. The van der Waals surface area contributed by atoms with Crippen LogP contribution in [-0.4, -0.2) is 27.0 Å². The molecule has 1 saturated carbocycles. The molecule has 0 spiro atoms. The van der Waals surface area contributed by atoms with Gasteiger partial charge >= 0.3 is 5.97 Å². The van der Waals surface area contributed by atoms with Crippen LogP contribution in [0.25, 0.3) is 0 Å². The number of hydrogen-bond donors (Lipinski definition) is 1. The summed E-state index contributed by atoms with van der Waals surface area (Å²) in [6.07, 6.45) is 3.21. The number of benzene rings is 1.